The number of halogens is 2. The summed E-state index contributed by atoms with van der Waals surface area (Å²) in [6.07, 6.45) is 5.34. The fourth-order valence-electron chi connectivity index (χ4n) is 2.70. The van der Waals surface area contributed by atoms with Gasteiger partial charge in [-0.05, 0) is 52.9 Å². The third kappa shape index (κ3) is 3.37. The number of anilines is 1. The SMILES string of the molecule is Brc1ccc(Br)c(NC2=NC3CCCCC3CS2)c1. The van der Waals surface area contributed by atoms with E-state index in [4.69, 9.17) is 4.99 Å². The number of hydrogen-bond donors (Lipinski definition) is 1. The molecule has 1 N–H and O–H groups in total. The molecular weight excluding hydrogens is 388 g/mol. The molecule has 1 aromatic rings. The first-order valence-electron chi connectivity index (χ1n) is 6.65. The van der Waals surface area contributed by atoms with Crippen molar-refractivity contribution in [3.8, 4) is 0 Å². The van der Waals surface area contributed by atoms with Crippen LogP contribution in [0.4, 0.5) is 5.69 Å². The molecule has 0 bridgehead atoms. The molecule has 2 nitrogen and oxygen atoms in total. The highest BCUT2D eigenvalue weighted by Crippen LogP contribution is 2.35. The maximum Gasteiger partial charge on any atom is 0.161 e. The van der Waals surface area contributed by atoms with Crippen LogP contribution in [0.15, 0.2) is 32.1 Å². The zero-order valence-corrected chi connectivity index (χ0v) is 14.5. The third-order valence-electron chi connectivity index (χ3n) is 3.76. The summed E-state index contributed by atoms with van der Waals surface area (Å²) < 4.78 is 2.15. The molecule has 102 valence electrons. The van der Waals surface area contributed by atoms with Gasteiger partial charge in [-0.2, -0.15) is 0 Å². The van der Waals surface area contributed by atoms with Crippen LogP contribution in [-0.2, 0) is 0 Å². The molecular formula is C14H16Br2N2S. The van der Waals surface area contributed by atoms with Gasteiger partial charge in [0.2, 0.25) is 0 Å². The number of rotatable bonds is 1. The van der Waals surface area contributed by atoms with E-state index in [2.05, 4.69) is 43.2 Å². The Bertz CT molecular complexity index is 504. The van der Waals surface area contributed by atoms with Crippen molar-refractivity contribution in [1.82, 2.24) is 0 Å². The zero-order chi connectivity index (χ0) is 13.2. The highest BCUT2D eigenvalue weighted by Gasteiger charge is 2.29. The van der Waals surface area contributed by atoms with Crippen molar-refractivity contribution in [2.45, 2.75) is 31.7 Å². The second kappa shape index (κ2) is 6.19. The van der Waals surface area contributed by atoms with Crippen molar-refractivity contribution in [3.63, 3.8) is 0 Å². The fraction of sp³-hybridized carbons (Fsp3) is 0.500. The predicted molar refractivity (Wildman–Crippen MR) is 91.1 cm³/mol. The third-order valence-corrected chi connectivity index (χ3v) is 6.02. The lowest BCUT2D eigenvalue weighted by Gasteiger charge is -2.32. The van der Waals surface area contributed by atoms with E-state index in [1.807, 2.05) is 23.9 Å². The van der Waals surface area contributed by atoms with Crippen molar-refractivity contribution in [2.24, 2.45) is 10.9 Å². The number of fused-ring (bicyclic) bond motifs is 1. The molecule has 2 aliphatic rings. The number of benzene rings is 1. The molecule has 3 rings (SSSR count). The maximum absolute atomic E-state index is 4.90. The Kier molecular flexibility index (Phi) is 4.54. The summed E-state index contributed by atoms with van der Waals surface area (Å²) in [7, 11) is 0. The molecule has 1 heterocycles. The summed E-state index contributed by atoms with van der Waals surface area (Å²) in [4.78, 5) is 4.90. The summed E-state index contributed by atoms with van der Waals surface area (Å²) in [5.74, 6) is 2.01. The number of hydrogen-bond acceptors (Lipinski definition) is 3. The topological polar surface area (TPSA) is 24.4 Å². The normalized spacial score (nSPS) is 26.5. The van der Waals surface area contributed by atoms with E-state index in [0.717, 1.165) is 25.7 Å². The molecule has 2 atom stereocenters. The van der Waals surface area contributed by atoms with E-state index in [1.54, 1.807) is 0 Å². The largest absolute Gasteiger partial charge is 0.334 e. The molecule has 0 saturated heterocycles. The average molecular weight is 404 g/mol. The van der Waals surface area contributed by atoms with Gasteiger partial charge in [-0.15, -0.1) is 0 Å². The van der Waals surface area contributed by atoms with Gasteiger partial charge in [0.25, 0.3) is 0 Å². The van der Waals surface area contributed by atoms with Crippen molar-refractivity contribution < 1.29 is 0 Å². The Hall–Kier alpha value is -0.000000000000000111. The Labute approximate surface area is 135 Å². The van der Waals surface area contributed by atoms with Gasteiger partial charge in [0.1, 0.15) is 0 Å². The molecule has 1 saturated carbocycles. The Morgan fingerprint density at radius 3 is 2.95 bits per heavy atom. The van der Waals surface area contributed by atoms with Crippen LogP contribution in [0.3, 0.4) is 0 Å². The number of amidine groups is 1. The van der Waals surface area contributed by atoms with Crippen LogP contribution in [0, 0.1) is 5.92 Å². The maximum atomic E-state index is 4.90. The van der Waals surface area contributed by atoms with Gasteiger partial charge in [0.15, 0.2) is 5.17 Å². The van der Waals surface area contributed by atoms with E-state index in [0.29, 0.717) is 6.04 Å². The van der Waals surface area contributed by atoms with Crippen LogP contribution >= 0.6 is 43.6 Å². The summed E-state index contributed by atoms with van der Waals surface area (Å²) >= 11 is 8.95. The minimum Gasteiger partial charge on any atom is -0.334 e. The molecule has 0 spiro atoms. The van der Waals surface area contributed by atoms with E-state index >= 15 is 0 Å². The first-order chi connectivity index (χ1) is 9.22. The Balaban J connectivity index is 1.76. The molecule has 0 amide bonds. The van der Waals surface area contributed by atoms with E-state index in [-0.39, 0.29) is 0 Å². The molecule has 1 aromatic carbocycles. The van der Waals surface area contributed by atoms with Crippen molar-refractivity contribution in [3.05, 3.63) is 27.1 Å². The minimum atomic E-state index is 0.545. The lowest BCUT2D eigenvalue weighted by Crippen LogP contribution is -2.31. The van der Waals surface area contributed by atoms with Crippen LogP contribution in [0.25, 0.3) is 0 Å². The van der Waals surface area contributed by atoms with E-state index < -0.39 is 0 Å². The minimum absolute atomic E-state index is 0.545. The molecule has 2 unspecified atom stereocenters. The van der Waals surface area contributed by atoms with Crippen LogP contribution < -0.4 is 5.32 Å². The highest BCUT2D eigenvalue weighted by atomic mass is 79.9. The molecule has 0 radical (unpaired) electrons. The van der Waals surface area contributed by atoms with Gasteiger partial charge in [-0.25, -0.2) is 0 Å². The van der Waals surface area contributed by atoms with Gasteiger partial charge < -0.3 is 5.32 Å². The van der Waals surface area contributed by atoms with Crippen molar-refractivity contribution in [2.75, 3.05) is 11.1 Å². The summed E-state index contributed by atoms with van der Waals surface area (Å²) in [5, 5.41) is 4.53. The Morgan fingerprint density at radius 1 is 1.21 bits per heavy atom. The summed E-state index contributed by atoms with van der Waals surface area (Å²) in [6, 6.07) is 6.70. The van der Waals surface area contributed by atoms with Gasteiger partial charge in [0, 0.05) is 14.7 Å². The highest BCUT2D eigenvalue weighted by molar-refractivity contribution is 9.11. The number of nitrogens with one attached hydrogen (secondary N) is 1. The molecule has 1 aliphatic heterocycles. The van der Waals surface area contributed by atoms with Gasteiger partial charge in [0.05, 0.1) is 11.7 Å². The summed E-state index contributed by atoms with van der Waals surface area (Å²) in [5.41, 5.74) is 1.08. The number of thioether (sulfide) groups is 1. The second-order valence-electron chi connectivity index (χ2n) is 5.11. The standard InChI is InChI=1S/C14H16Br2N2S/c15-10-5-6-11(16)13(7-10)18-14-17-12-4-2-1-3-9(12)8-19-14/h5-7,9,12H,1-4,8H2,(H,17,18). The monoisotopic (exact) mass is 402 g/mol. The van der Waals surface area contributed by atoms with Gasteiger partial charge in [-0.3, -0.25) is 4.99 Å². The molecule has 5 heteroatoms. The smallest absolute Gasteiger partial charge is 0.161 e. The van der Waals surface area contributed by atoms with Crippen LogP contribution in [-0.4, -0.2) is 17.0 Å². The Morgan fingerprint density at radius 2 is 2.05 bits per heavy atom. The van der Waals surface area contributed by atoms with Gasteiger partial charge in [-0.1, -0.05) is 40.5 Å². The fourth-order valence-corrected chi connectivity index (χ4v) is 4.56. The van der Waals surface area contributed by atoms with Crippen LogP contribution in [0.2, 0.25) is 0 Å². The van der Waals surface area contributed by atoms with E-state index in [1.165, 1.54) is 31.4 Å². The van der Waals surface area contributed by atoms with Crippen LogP contribution in [0.5, 0.6) is 0 Å². The summed E-state index contributed by atoms with van der Waals surface area (Å²) in [6.45, 7) is 0. The first kappa shape index (κ1) is 14.0. The van der Waals surface area contributed by atoms with Crippen LogP contribution in [0.1, 0.15) is 25.7 Å². The second-order valence-corrected chi connectivity index (χ2v) is 7.89. The average Bonchev–Trinajstić information content (AvgIpc) is 2.43. The lowest BCUT2D eigenvalue weighted by molar-refractivity contribution is 0.336. The molecule has 0 aromatic heterocycles. The first-order valence-corrected chi connectivity index (χ1v) is 9.22. The predicted octanol–water partition coefficient (Wildman–Crippen LogP) is 5.29. The molecule has 19 heavy (non-hydrogen) atoms. The molecule has 1 aliphatic carbocycles. The van der Waals surface area contributed by atoms with Crippen molar-refractivity contribution in [1.29, 1.82) is 0 Å². The molecule has 1 fully saturated rings. The van der Waals surface area contributed by atoms with E-state index in [9.17, 15) is 0 Å². The zero-order valence-electron chi connectivity index (χ0n) is 10.5. The number of nitrogens with zero attached hydrogens (tertiary/aromatic N) is 1. The van der Waals surface area contributed by atoms with Crippen molar-refractivity contribution >= 4 is 54.5 Å². The van der Waals surface area contributed by atoms with Gasteiger partial charge >= 0.3 is 0 Å². The lowest BCUT2D eigenvalue weighted by atomic mass is 9.86. The number of aliphatic imine (C=N–C) groups is 1. The quantitative estimate of drug-likeness (QED) is 0.689.